The molecule has 2 rings (SSSR count). The van der Waals surface area contributed by atoms with Crippen LogP contribution < -0.4 is 0 Å². The summed E-state index contributed by atoms with van der Waals surface area (Å²) in [6.45, 7) is 3.17. The lowest BCUT2D eigenvalue weighted by Gasteiger charge is -2.23. The van der Waals surface area contributed by atoms with Crippen molar-refractivity contribution >= 4 is 17.5 Å². The van der Waals surface area contributed by atoms with Crippen LogP contribution in [0.3, 0.4) is 0 Å². The standard InChI is InChI=1S/C19H18FNO4/c1-11(2)17(22)16(19(24)25)15(13-4-3-9-21-10-13)18(23)12-5-7-14(20)8-6-12/h3-11,15-16H,1-2H3,(H,24,25). The van der Waals surface area contributed by atoms with Gasteiger partial charge in [-0.15, -0.1) is 0 Å². The van der Waals surface area contributed by atoms with Gasteiger partial charge in [0.25, 0.3) is 0 Å². The molecule has 1 N–H and O–H groups in total. The first kappa shape index (κ1) is 18.4. The fourth-order valence-corrected chi connectivity index (χ4v) is 2.64. The molecule has 1 aromatic heterocycles. The molecule has 0 radical (unpaired) electrons. The normalized spacial score (nSPS) is 13.3. The Balaban J connectivity index is 2.56. The predicted molar refractivity (Wildman–Crippen MR) is 88.7 cm³/mol. The van der Waals surface area contributed by atoms with E-state index in [0.29, 0.717) is 5.56 Å². The van der Waals surface area contributed by atoms with Crippen molar-refractivity contribution in [3.63, 3.8) is 0 Å². The van der Waals surface area contributed by atoms with Crippen molar-refractivity contribution in [1.82, 2.24) is 4.98 Å². The summed E-state index contributed by atoms with van der Waals surface area (Å²) in [6, 6.07) is 7.92. The van der Waals surface area contributed by atoms with Gasteiger partial charge < -0.3 is 5.11 Å². The van der Waals surface area contributed by atoms with Crippen molar-refractivity contribution in [3.8, 4) is 0 Å². The molecule has 5 nitrogen and oxygen atoms in total. The van der Waals surface area contributed by atoms with Crippen LogP contribution in [-0.2, 0) is 9.59 Å². The van der Waals surface area contributed by atoms with Gasteiger partial charge >= 0.3 is 5.97 Å². The van der Waals surface area contributed by atoms with Gasteiger partial charge in [0.05, 0.1) is 5.92 Å². The highest BCUT2D eigenvalue weighted by Gasteiger charge is 2.41. The lowest BCUT2D eigenvalue weighted by molar-refractivity contribution is -0.147. The van der Waals surface area contributed by atoms with Crippen LogP contribution in [0.15, 0.2) is 48.8 Å². The Morgan fingerprint density at radius 2 is 1.72 bits per heavy atom. The quantitative estimate of drug-likeness (QED) is 0.617. The Hall–Kier alpha value is -2.89. The second-order valence-corrected chi connectivity index (χ2v) is 6.01. The van der Waals surface area contributed by atoms with E-state index in [9.17, 15) is 23.9 Å². The maximum Gasteiger partial charge on any atom is 0.315 e. The van der Waals surface area contributed by atoms with Crippen molar-refractivity contribution in [1.29, 1.82) is 0 Å². The number of ketones is 2. The predicted octanol–water partition coefficient (Wildman–Crippen LogP) is 3.11. The van der Waals surface area contributed by atoms with Gasteiger partial charge in [0.1, 0.15) is 11.7 Å². The number of pyridine rings is 1. The fourth-order valence-electron chi connectivity index (χ4n) is 2.64. The molecule has 130 valence electrons. The maximum absolute atomic E-state index is 13.1. The van der Waals surface area contributed by atoms with E-state index in [0.717, 1.165) is 12.1 Å². The molecule has 0 aliphatic carbocycles. The molecule has 0 saturated heterocycles. The van der Waals surface area contributed by atoms with E-state index >= 15 is 0 Å². The van der Waals surface area contributed by atoms with Crippen LogP contribution in [0, 0.1) is 17.7 Å². The number of benzene rings is 1. The van der Waals surface area contributed by atoms with E-state index in [2.05, 4.69) is 4.98 Å². The second-order valence-electron chi connectivity index (χ2n) is 6.01. The number of carbonyl (C=O) groups is 3. The van der Waals surface area contributed by atoms with Gasteiger partial charge in [-0.25, -0.2) is 4.39 Å². The molecule has 0 spiro atoms. The molecule has 2 atom stereocenters. The lowest BCUT2D eigenvalue weighted by atomic mass is 9.76. The van der Waals surface area contributed by atoms with Crippen LogP contribution in [0.4, 0.5) is 4.39 Å². The van der Waals surface area contributed by atoms with E-state index in [1.807, 2.05) is 0 Å². The second kappa shape index (κ2) is 7.79. The molecular weight excluding hydrogens is 325 g/mol. The highest BCUT2D eigenvalue weighted by molar-refractivity contribution is 6.10. The largest absolute Gasteiger partial charge is 0.481 e. The van der Waals surface area contributed by atoms with Crippen molar-refractivity contribution in [3.05, 3.63) is 65.7 Å². The third-order valence-electron chi connectivity index (χ3n) is 3.93. The summed E-state index contributed by atoms with van der Waals surface area (Å²) in [5.41, 5.74) is 0.469. The van der Waals surface area contributed by atoms with E-state index in [1.54, 1.807) is 26.0 Å². The van der Waals surface area contributed by atoms with Crippen LogP contribution in [0.1, 0.15) is 35.7 Å². The number of Topliss-reactive ketones (excluding diaryl/α,β-unsaturated/α-hetero) is 2. The van der Waals surface area contributed by atoms with Gasteiger partial charge in [-0.3, -0.25) is 19.4 Å². The molecule has 1 heterocycles. The number of halogens is 1. The average molecular weight is 343 g/mol. The summed E-state index contributed by atoms with van der Waals surface area (Å²) in [5.74, 6) is -6.31. The Kier molecular flexibility index (Phi) is 5.75. The number of carbonyl (C=O) groups excluding carboxylic acids is 2. The number of hydrogen-bond donors (Lipinski definition) is 1. The van der Waals surface area contributed by atoms with Crippen LogP contribution in [0.25, 0.3) is 0 Å². The number of aromatic nitrogens is 1. The third-order valence-corrected chi connectivity index (χ3v) is 3.93. The topological polar surface area (TPSA) is 84.3 Å². The molecule has 0 aliphatic rings. The van der Waals surface area contributed by atoms with E-state index < -0.39 is 41.1 Å². The molecule has 6 heteroatoms. The first-order valence-electron chi connectivity index (χ1n) is 7.79. The Labute approximate surface area is 144 Å². The Bertz CT molecular complexity index is 772. The zero-order valence-corrected chi connectivity index (χ0v) is 13.8. The SMILES string of the molecule is CC(C)C(=O)C(C(=O)O)C(C(=O)c1ccc(F)cc1)c1cccnc1. The Morgan fingerprint density at radius 3 is 2.20 bits per heavy atom. The highest BCUT2D eigenvalue weighted by atomic mass is 19.1. The van der Waals surface area contributed by atoms with Crippen molar-refractivity contribution in [2.24, 2.45) is 11.8 Å². The summed E-state index contributed by atoms with van der Waals surface area (Å²) in [5, 5.41) is 9.61. The zero-order chi connectivity index (χ0) is 18.6. The van der Waals surface area contributed by atoms with Gasteiger partial charge in [-0.05, 0) is 35.9 Å². The first-order valence-corrected chi connectivity index (χ1v) is 7.79. The summed E-state index contributed by atoms with van der Waals surface area (Å²) >= 11 is 0. The average Bonchev–Trinajstić information content (AvgIpc) is 2.59. The number of carboxylic acid groups (broad SMARTS) is 1. The van der Waals surface area contributed by atoms with Gasteiger partial charge in [-0.1, -0.05) is 19.9 Å². The van der Waals surface area contributed by atoms with Crippen molar-refractivity contribution in [2.75, 3.05) is 0 Å². The minimum Gasteiger partial charge on any atom is -0.481 e. The molecule has 2 unspecified atom stereocenters. The minimum absolute atomic E-state index is 0.137. The monoisotopic (exact) mass is 343 g/mol. The summed E-state index contributed by atoms with van der Waals surface area (Å²) in [4.78, 5) is 41.2. The number of aliphatic carboxylic acids is 1. The van der Waals surface area contributed by atoms with Crippen LogP contribution in [0.2, 0.25) is 0 Å². The molecule has 0 aliphatic heterocycles. The third kappa shape index (κ3) is 4.15. The lowest BCUT2D eigenvalue weighted by Crippen LogP contribution is -2.36. The number of nitrogens with zero attached hydrogens (tertiary/aromatic N) is 1. The highest BCUT2D eigenvalue weighted by Crippen LogP contribution is 2.31. The van der Waals surface area contributed by atoms with Crippen LogP contribution >= 0.6 is 0 Å². The van der Waals surface area contributed by atoms with Gasteiger partial charge in [0.2, 0.25) is 0 Å². The van der Waals surface area contributed by atoms with Gasteiger partial charge in [0, 0.05) is 23.9 Å². The molecule has 0 amide bonds. The minimum atomic E-state index is -1.54. The van der Waals surface area contributed by atoms with Crippen LogP contribution in [-0.4, -0.2) is 27.6 Å². The summed E-state index contributed by atoms with van der Waals surface area (Å²) in [6.07, 6.45) is 2.86. The Morgan fingerprint density at radius 1 is 1.08 bits per heavy atom. The van der Waals surface area contributed by atoms with Gasteiger partial charge in [-0.2, -0.15) is 0 Å². The fraction of sp³-hybridized carbons (Fsp3) is 0.263. The summed E-state index contributed by atoms with van der Waals surface area (Å²) < 4.78 is 13.1. The molecular formula is C19H18FNO4. The number of carboxylic acids is 1. The molecule has 0 bridgehead atoms. The van der Waals surface area contributed by atoms with E-state index in [4.69, 9.17) is 0 Å². The van der Waals surface area contributed by atoms with Crippen molar-refractivity contribution in [2.45, 2.75) is 19.8 Å². The van der Waals surface area contributed by atoms with E-state index in [-0.39, 0.29) is 5.56 Å². The molecule has 0 saturated carbocycles. The molecule has 0 fully saturated rings. The smallest absolute Gasteiger partial charge is 0.315 e. The molecule has 25 heavy (non-hydrogen) atoms. The van der Waals surface area contributed by atoms with E-state index in [1.165, 1.54) is 24.5 Å². The molecule has 1 aromatic carbocycles. The number of hydrogen-bond acceptors (Lipinski definition) is 4. The van der Waals surface area contributed by atoms with Crippen LogP contribution in [0.5, 0.6) is 0 Å². The number of rotatable bonds is 7. The molecule has 2 aromatic rings. The van der Waals surface area contributed by atoms with Crippen molar-refractivity contribution < 1.29 is 23.9 Å². The maximum atomic E-state index is 13.1. The summed E-state index contributed by atoms with van der Waals surface area (Å²) in [7, 11) is 0. The zero-order valence-electron chi connectivity index (χ0n) is 13.8. The van der Waals surface area contributed by atoms with Gasteiger partial charge in [0.15, 0.2) is 11.6 Å². The first-order chi connectivity index (χ1) is 11.8.